The van der Waals surface area contributed by atoms with Crippen LogP contribution in [0.5, 0.6) is 11.5 Å². The van der Waals surface area contributed by atoms with Crippen LogP contribution in [0.4, 0.5) is 0 Å². The summed E-state index contributed by atoms with van der Waals surface area (Å²) in [5, 5.41) is 10.3. The largest absolute Gasteiger partial charge is 0.481 e. The Morgan fingerprint density at radius 3 is 2.68 bits per heavy atom. The van der Waals surface area contributed by atoms with Crippen molar-refractivity contribution in [2.45, 2.75) is 44.6 Å². The number of carboxylic acids is 1. The summed E-state index contributed by atoms with van der Waals surface area (Å²) in [5.41, 5.74) is 6.55. The molecule has 2 fully saturated rings. The summed E-state index contributed by atoms with van der Waals surface area (Å²) in [6, 6.07) is 4.95. The summed E-state index contributed by atoms with van der Waals surface area (Å²) in [6.45, 7) is 4.67. The van der Waals surface area contributed by atoms with Crippen LogP contribution in [0.15, 0.2) is 18.2 Å². The van der Waals surface area contributed by atoms with Crippen molar-refractivity contribution in [3.8, 4) is 11.5 Å². The van der Waals surface area contributed by atoms with E-state index in [4.69, 9.17) is 15.2 Å². The number of aliphatic carboxylic acids is 1. The van der Waals surface area contributed by atoms with E-state index in [0.717, 1.165) is 18.4 Å². The first-order chi connectivity index (χ1) is 17.7. The van der Waals surface area contributed by atoms with E-state index < -0.39 is 33.9 Å². The molecule has 4 rings (SSSR count). The molecule has 0 aliphatic carbocycles. The first-order valence-corrected chi connectivity index (χ1v) is 14.7. The number of hydrogen-bond acceptors (Lipinski definition) is 8. The third-order valence-electron chi connectivity index (χ3n) is 7.61. The quantitative estimate of drug-likeness (QED) is 0.397. The highest BCUT2D eigenvalue weighted by Crippen LogP contribution is 2.42. The predicted molar refractivity (Wildman–Crippen MR) is 137 cm³/mol. The van der Waals surface area contributed by atoms with Crippen LogP contribution in [0.3, 0.4) is 0 Å². The number of unbranched alkanes of at least 4 members (excludes halogenated alkanes) is 1. The number of benzene rings is 1. The van der Waals surface area contributed by atoms with Gasteiger partial charge in [-0.2, -0.15) is 0 Å². The van der Waals surface area contributed by atoms with Gasteiger partial charge in [0.25, 0.3) is 0 Å². The number of rotatable bonds is 12. The third kappa shape index (κ3) is 6.19. The molecule has 3 aliphatic heterocycles. The number of nitrogens with zero attached hydrogens (tertiary/aromatic N) is 3. The summed E-state index contributed by atoms with van der Waals surface area (Å²) in [5.74, 6) is -0.942. The van der Waals surface area contributed by atoms with E-state index in [9.17, 15) is 23.1 Å². The third-order valence-corrected chi connectivity index (χ3v) is 9.56. The molecular formula is C25H38N4O7S. The maximum Gasteiger partial charge on any atom is 0.308 e. The second-order valence-electron chi connectivity index (χ2n) is 9.96. The Balaban J connectivity index is 1.59. The van der Waals surface area contributed by atoms with E-state index in [2.05, 4.69) is 6.92 Å². The molecule has 12 heteroatoms. The van der Waals surface area contributed by atoms with Crippen LogP contribution in [-0.4, -0.2) is 104 Å². The molecule has 3 atom stereocenters. The molecule has 206 valence electrons. The van der Waals surface area contributed by atoms with E-state index in [1.165, 1.54) is 4.31 Å². The zero-order chi connectivity index (χ0) is 26.6. The minimum atomic E-state index is -3.31. The predicted octanol–water partition coefficient (Wildman–Crippen LogP) is 0.897. The van der Waals surface area contributed by atoms with E-state index in [1.54, 1.807) is 11.0 Å². The van der Waals surface area contributed by atoms with Crippen LogP contribution < -0.4 is 15.2 Å². The molecule has 1 aromatic carbocycles. The lowest BCUT2D eigenvalue weighted by atomic mass is 9.84. The van der Waals surface area contributed by atoms with E-state index in [1.807, 2.05) is 17.0 Å². The molecular weight excluding hydrogens is 500 g/mol. The van der Waals surface area contributed by atoms with Gasteiger partial charge in [0.1, 0.15) is 0 Å². The Labute approximate surface area is 218 Å². The van der Waals surface area contributed by atoms with E-state index in [0.29, 0.717) is 57.1 Å². The first kappa shape index (κ1) is 27.6. The number of hydrogen-bond donors (Lipinski definition) is 2. The normalized spacial score (nSPS) is 25.0. The molecule has 3 N–H and O–H groups in total. The summed E-state index contributed by atoms with van der Waals surface area (Å²) in [7, 11) is -3.31. The zero-order valence-electron chi connectivity index (χ0n) is 21.4. The molecule has 3 aliphatic rings. The van der Waals surface area contributed by atoms with Gasteiger partial charge in [-0.15, -0.1) is 0 Å². The number of sulfonamides is 1. The molecule has 2 saturated heterocycles. The van der Waals surface area contributed by atoms with Crippen LogP contribution in [0.1, 0.15) is 44.1 Å². The van der Waals surface area contributed by atoms with Crippen LogP contribution >= 0.6 is 0 Å². The van der Waals surface area contributed by atoms with Crippen molar-refractivity contribution in [2.75, 3.05) is 58.4 Å². The molecule has 3 heterocycles. The van der Waals surface area contributed by atoms with Gasteiger partial charge < -0.3 is 25.2 Å². The van der Waals surface area contributed by atoms with Gasteiger partial charge in [-0.25, -0.2) is 12.7 Å². The number of nitrogens with two attached hydrogens (primary N) is 1. The lowest BCUT2D eigenvalue weighted by Gasteiger charge is -2.30. The maximum atomic E-state index is 13.3. The van der Waals surface area contributed by atoms with E-state index in [-0.39, 0.29) is 31.5 Å². The maximum absolute atomic E-state index is 13.3. The van der Waals surface area contributed by atoms with Crippen molar-refractivity contribution in [3.05, 3.63) is 23.8 Å². The lowest BCUT2D eigenvalue weighted by Crippen LogP contribution is -2.46. The molecule has 0 spiro atoms. The van der Waals surface area contributed by atoms with E-state index >= 15 is 0 Å². The Morgan fingerprint density at radius 1 is 1.22 bits per heavy atom. The SMILES string of the molecule is CCCCN(CCN)C(=O)CN1CC(c2ccc3c(c2)OCO3)C(C(=O)O)C1CCN1CCCS1(=O)=O. The minimum absolute atomic E-state index is 0.0615. The fourth-order valence-electron chi connectivity index (χ4n) is 5.69. The Morgan fingerprint density at radius 2 is 2.00 bits per heavy atom. The van der Waals surface area contributed by atoms with Gasteiger partial charge in [0.15, 0.2) is 11.5 Å². The molecule has 11 nitrogen and oxygen atoms in total. The van der Waals surface area contributed by atoms with Crippen LogP contribution in [0.2, 0.25) is 0 Å². The number of likely N-dealkylation sites (tertiary alicyclic amines) is 1. The summed E-state index contributed by atoms with van der Waals surface area (Å²) >= 11 is 0. The Bertz CT molecular complexity index is 1080. The average molecular weight is 539 g/mol. The fraction of sp³-hybridized carbons (Fsp3) is 0.680. The molecule has 1 aromatic rings. The number of fused-ring (bicyclic) bond motifs is 1. The number of amides is 1. The van der Waals surface area contributed by atoms with Crippen molar-refractivity contribution in [3.63, 3.8) is 0 Å². The van der Waals surface area contributed by atoms with Crippen LogP contribution in [0.25, 0.3) is 0 Å². The fourth-order valence-corrected chi connectivity index (χ4v) is 7.24. The van der Waals surface area contributed by atoms with Gasteiger partial charge in [0.05, 0.1) is 18.2 Å². The highest BCUT2D eigenvalue weighted by Gasteiger charge is 2.47. The standard InChI is InChI=1S/C25H38N4O7S/c1-2-3-9-27(12-8-26)23(30)16-28-15-19(18-5-6-21-22(14-18)36-17-35-21)24(25(31)32)20(28)7-11-29-10-4-13-37(29,33)34/h5-6,14,19-20,24H,2-4,7-13,15-17,26H2,1H3,(H,31,32). The van der Waals surface area contributed by atoms with Crippen molar-refractivity contribution < 1.29 is 32.6 Å². The summed E-state index contributed by atoms with van der Waals surface area (Å²) < 4.78 is 37.2. The number of carboxylic acid groups (broad SMARTS) is 1. The smallest absolute Gasteiger partial charge is 0.308 e. The number of ether oxygens (including phenoxy) is 2. The summed E-state index contributed by atoms with van der Waals surface area (Å²) in [6.07, 6.45) is 2.71. The Hall–Kier alpha value is -2.41. The molecule has 37 heavy (non-hydrogen) atoms. The van der Waals surface area contributed by atoms with Gasteiger partial charge in [-0.3, -0.25) is 14.5 Å². The zero-order valence-corrected chi connectivity index (χ0v) is 22.2. The topological polar surface area (TPSA) is 143 Å². The van der Waals surface area contributed by atoms with Gasteiger partial charge in [0, 0.05) is 51.2 Å². The van der Waals surface area contributed by atoms with Crippen molar-refractivity contribution >= 4 is 21.9 Å². The monoisotopic (exact) mass is 538 g/mol. The van der Waals surface area contributed by atoms with Crippen LogP contribution in [0, 0.1) is 5.92 Å². The Kier molecular flexibility index (Phi) is 8.94. The molecule has 0 aromatic heterocycles. The minimum Gasteiger partial charge on any atom is -0.481 e. The molecule has 0 radical (unpaired) electrons. The lowest BCUT2D eigenvalue weighted by molar-refractivity contribution is -0.143. The van der Waals surface area contributed by atoms with Crippen molar-refractivity contribution in [2.24, 2.45) is 11.7 Å². The molecule has 0 saturated carbocycles. The molecule has 3 unspecified atom stereocenters. The first-order valence-electron chi connectivity index (χ1n) is 13.1. The van der Waals surface area contributed by atoms with Crippen LogP contribution in [-0.2, 0) is 19.6 Å². The van der Waals surface area contributed by atoms with Gasteiger partial charge in [-0.1, -0.05) is 19.4 Å². The molecule has 0 bridgehead atoms. The average Bonchev–Trinajstić information content (AvgIpc) is 3.56. The van der Waals surface area contributed by atoms with Gasteiger partial charge in [-0.05, 0) is 37.0 Å². The highest BCUT2D eigenvalue weighted by atomic mass is 32.2. The summed E-state index contributed by atoms with van der Waals surface area (Å²) in [4.78, 5) is 29.6. The number of carbonyl (C=O) groups excluding carboxylic acids is 1. The van der Waals surface area contributed by atoms with Gasteiger partial charge >= 0.3 is 5.97 Å². The molecule has 1 amide bonds. The number of carbonyl (C=O) groups is 2. The van der Waals surface area contributed by atoms with Gasteiger partial charge in [0.2, 0.25) is 22.7 Å². The van der Waals surface area contributed by atoms with Crippen molar-refractivity contribution in [1.82, 2.24) is 14.1 Å². The highest BCUT2D eigenvalue weighted by molar-refractivity contribution is 7.89. The second kappa shape index (κ2) is 12.0. The van der Waals surface area contributed by atoms with Crippen molar-refractivity contribution in [1.29, 1.82) is 0 Å². The second-order valence-corrected chi connectivity index (χ2v) is 12.0.